The molecule has 0 saturated carbocycles. The van der Waals surface area contributed by atoms with Crippen molar-refractivity contribution in [2.45, 2.75) is 26.3 Å². The molecule has 0 atom stereocenters. The van der Waals surface area contributed by atoms with Crippen LogP contribution < -0.4 is 5.56 Å². The lowest BCUT2D eigenvalue weighted by Crippen LogP contribution is -2.27. The minimum Gasteiger partial charge on any atom is -0.383 e. The van der Waals surface area contributed by atoms with Gasteiger partial charge < -0.3 is 9.30 Å². The SMILES string of the molecule is COCCn1c(C)cc(C)c(CCl)c1=O. The normalized spacial score (nSPS) is 10.7. The number of aryl methyl sites for hydroxylation is 2. The molecule has 1 rings (SSSR count). The summed E-state index contributed by atoms with van der Waals surface area (Å²) in [6, 6.07) is 1.98. The molecule has 0 aliphatic rings. The Bertz CT molecular complexity index is 398. The molecule has 0 amide bonds. The van der Waals surface area contributed by atoms with E-state index >= 15 is 0 Å². The topological polar surface area (TPSA) is 31.2 Å². The second kappa shape index (κ2) is 5.33. The number of halogens is 1. The summed E-state index contributed by atoms with van der Waals surface area (Å²) in [5.41, 5.74) is 2.59. The highest BCUT2D eigenvalue weighted by Gasteiger charge is 2.08. The second-order valence-corrected chi connectivity index (χ2v) is 3.80. The quantitative estimate of drug-likeness (QED) is 0.738. The molecule has 1 aromatic rings. The van der Waals surface area contributed by atoms with Gasteiger partial charge in [-0.3, -0.25) is 4.79 Å². The van der Waals surface area contributed by atoms with Gasteiger partial charge in [0.25, 0.3) is 5.56 Å². The highest BCUT2D eigenvalue weighted by Crippen LogP contribution is 2.08. The molecule has 0 aromatic carbocycles. The van der Waals surface area contributed by atoms with E-state index in [0.29, 0.717) is 18.7 Å². The van der Waals surface area contributed by atoms with E-state index in [-0.39, 0.29) is 11.4 Å². The predicted molar refractivity (Wildman–Crippen MR) is 61.6 cm³/mol. The number of alkyl halides is 1. The van der Waals surface area contributed by atoms with Crippen molar-refractivity contribution in [3.05, 3.63) is 33.2 Å². The van der Waals surface area contributed by atoms with E-state index in [0.717, 1.165) is 11.3 Å². The Kier molecular flexibility index (Phi) is 4.36. The van der Waals surface area contributed by atoms with Crippen molar-refractivity contribution in [1.82, 2.24) is 4.57 Å². The summed E-state index contributed by atoms with van der Waals surface area (Å²) in [4.78, 5) is 12.0. The third-order valence-corrected chi connectivity index (χ3v) is 2.75. The summed E-state index contributed by atoms with van der Waals surface area (Å²) >= 11 is 5.75. The molecule has 1 heterocycles. The van der Waals surface area contributed by atoms with Crippen molar-refractivity contribution in [1.29, 1.82) is 0 Å². The summed E-state index contributed by atoms with van der Waals surface area (Å²) in [5, 5.41) is 0. The van der Waals surface area contributed by atoms with Crippen LogP contribution in [0.1, 0.15) is 16.8 Å². The fourth-order valence-corrected chi connectivity index (χ4v) is 1.92. The lowest BCUT2D eigenvalue weighted by molar-refractivity contribution is 0.185. The van der Waals surface area contributed by atoms with Crippen molar-refractivity contribution in [3.63, 3.8) is 0 Å². The maximum Gasteiger partial charge on any atom is 0.255 e. The highest BCUT2D eigenvalue weighted by atomic mass is 35.5. The fourth-order valence-electron chi connectivity index (χ4n) is 1.59. The van der Waals surface area contributed by atoms with Crippen LogP contribution in [0.3, 0.4) is 0 Å². The number of rotatable bonds is 4. The Balaban J connectivity index is 3.20. The number of ether oxygens (including phenoxy) is 1. The van der Waals surface area contributed by atoms with Crippen LogP contribution >= 0.6 is 11.6 Å². The molecule has 4 heteroatoms. The van der Waals surface area contributed by atoms with E-state index in [4.69, 9.17) is 16.3 Å². The van der Waals surface area contributed by atoms with Gasteiger partial charge in [-0.2, -0.15) is 0 Å². The summed E-state index contributed by atoms with van der Waals surface area (Å²) in [5.74, 6) is 0.262. The zero-order valence-electron chi connectivity index (χ0n) is 9.34. The van der Waals surface area contributed by atoms with Crippen molar-refractivity contribution in [2.24, 2.45) is 0 Å². The van der Waals surface area contributed by atoms with E-state index in [2.05, 4.69) is 0 Å². The molecule has 15 heavy (non-hydrogen) atoms. The number of hydrogen-bond acceptors (Lipinski definition) is 2. The fraction of sp³-hybridized carbons (Fsp3) is 0.545. The van der Waals surface area contributed by atoms with Crippen LogP contribution in [0.15, 0.2) is 10.9 Å². The van der Waals surface area contributed by atoms with E-state index in [1.807, 2.05) is 19.9 Å². The second-order valence-electron chi connectivity index (χ2n) is 3.53. The average Bonchev–Trinajstić information content (AvgIpc) is 2.17. The third kappa shape index (κ3) is 2.61. The molecule has 84 valence electrons. The van der Waals surface area contributed by atoms with Crippen LogP contribution in [0.25, 0.3) is 0 Å². The molecular formula is C11H16ClNO2. The van der Waals surface area contributed by atoms with Crippen LogP contribution in [-0.2, 0) is 17.2 Å². The first kappa shape index (κ1) is 12.3. The van der Waals surface area contributed by atoms with Gasteiger partial charge >= 0.3 is 0 Å². The molecule has 0 saturated heterocycles. The highest BCUT2D eigenvalue weighted by molar-refractivity contribution is 6.17. The van der Waals surface area contributed by atoms with Gasteiger partial charge in [0.15, 0.2) is 0 Å². The number of pyridine rings is 1. The summed E-state index contributed by atoms with van der Waals surface area (Å²) in [6.45, 7) is 4.94. The van der Waals surface area contributed by atoms with Crippen LogP contribution in [0.5, 0.6) is 0 Å². The zero-order chi connectivity index (χ0) is 11.4. The number of aromatic nitrogens is 1. The Labute approximate surface area is 94.6 Å². The van der Waals surface area contributed by atoms with Gasteiger partial charge in [0.1, 0.15) is 0 Å². The Morgan fingerprint density at radius 1 is 1.47 bits per heavy atom. The van der Waals surface area contributed by atoms with Crippen LogP contribution in [-0.4, -0.2) is 18.3 Å². The van der Waals surface area contributed by atoms with Gasteiger partial charge in [-0.25, -0.2) is 0 Å². The Hall–Kier alpha value is -0.800. The van der Waals surface area contributed by atoms with Crippen LogP contribution in [0.4, 0.5) is 0 Å². The molecule has 0 bridgehead atoms. The molecule has 0 aliphatic carbocycles. The van der Waals surface area contributed by atoms with E-state index < -0.39 is 0 Å². The van der Waals surface area contributed by atoms with Gasteiger partial charge in [-0.15, -0.1) is 11.6 Å². The summed E-state index contributed by atoms with van der Waals surface area (Å²) < 4.78 is 6.67. The molecule has 0 fully saturated rings. The molecule has 0 spiro atoms. The minimum absolute atomic E-state index is 0.000417. The summed E-state index contributed by atoms with van der Waals surface area (Å²) in [7, 11) is 1.62. The molecule has 0 radical (unpaired) electrons. The number of hydrogen-bond donors (Lipinski definition) is 0. The van der Waals surface area contributed by atoms with E-state index in [1.165, 1.54) is 0 Å². The van der Waals surface area contributed by atoms with Crippen LogP contribution in [0.2, 0.25) is 0 Å². The van der Waals surface area contributed by atoms with Gasteiger partial charge in [0, 0.05) is 24.9 Å². The standard InChI is InChI=1S/C11H16ClNO2/c1-8-6-9(2)13(4-5-15-3)11(14)10(8)7-12/h6H,4-5,7H2,1-3H3. The number of methoxy groups -OCH3 is 1. The lowest BCUT2D eigenvalue weighted by Gasteiger charge is -2.12. The first-order chi connectivity index (χ1) is 7.11. The van der Waals surface area contributed by atoms with Crippen LogP contribution in [0, 0.1) is 13.8 Å². The first-order valence-corrected chi connectivity index (χ1v) is 5.40. The largest absolute Gasteiger partial charge is 0.383 e. The molecule has 0 aliphatic heterocycles. The Morgan fingerprint density at radius 2 is 2.13 bits per heavy atom. The first-order valence-electron chi connectivity index (χ1n) is 4.86. The molecule has 1 aromatic heterocycles. The van der Waals surface area contributed by atoms with Gasteiger partial charge in [0.05, 0.1) is 12.5 Å². The maximum atomic E-state index is 12.0. The molecule has 3 nitrogen and oxygen atoms in total. The van der Waals surface area contributed by atoms with E-state index in [1.54, 1.807) is 11.7 Å². The van der Waals surface area contributed by atoms with Crippen molar-refractivity contribution < 1.29 is 4.74 Å². The Morgan fingerprint density at radius 3 is 2.67 bits per heavy atom. The van der Waals surface area contributed by atoms with Crippen molar-refractivity contribution >= 4 is 11.6 Å². The smallest absolute Gasteiger partial charge is 0.255 e. The van der Waals surface area contributed by atoms with E-state index in [9.17, 15) is 4.79 Å². The average molecular weight is 230 g/mol. The maximum absolute atomic E-state index is 12.0. The predicted octanol–water partition coefficient (Wildman–Crippen LogP) is 1.85. The minimum atomic E-state index is -0.000417. The van der Waals surface area contributed by atoms with Crippen molar-refractivity contribution in [3.8, 4) is 0 Å². The van der Waals surface area contributed by atoms with Gasteiger partial charge in [-0.05, 0) is 25.5 Å². The summed E-state index contributed by atoms with van der Waals surface area (Å²) in [6.07, 6.45) is 0. The molecular weight excluding hydrogens is 214 g/mol. The third-order valence-electron chi connectivity index (χ3n) is 2.48. The lowest BCUT2D eigenvalue weighted by atomic mass is 10.1. The number of nitrogens with zero attached hydrogens (tertiary/aromatic N) is 1. The molecule has 0 N–H and O–H groups in total. The van der Waals surface area contributed by atoms with Crippen molar-refractivity contribution in [2.75, 3.05) is 13.7 Å². The van der Waals surface area contributed by atoms with Gasteiger partial charge in [0.2, 0.25) is 0 Å². The zero-order valence-corrected chi connectivity index (χ0v) is 10.1. The molecule has 0 unspecified atom stereocenters. The van der Waals surface area contributed by atoms with Gasteiger partial charge in [-0.1, -0.05) is 0 Å². The monoisotopic (exact) mass is 229 g/mol.